The fraction of sp³-hybridized carbons (Fsp3) is 0.304. The molecule has 10 nitrogen and oxygen atoms in total. The van der Waals surface area contributed by atoms with Crippen molar-refractivity contribution in [2.45, 2.75) is 12.8 Å². The van der Waals surface area contributed by atoms with Crippen LogP contribution < -0.4 is 4.90 Å². The Kier molecular flexibility index (Phi) is 5.79. The van der Waals surface area contributed by atoms with Gasteiger partial charge in [0.1, 0.15) is 18.1 Å². The molecule has 33 heavy (non-hydrogen) atoms. The summed E-state index contributed by atoms with van der Waals surface area (Å²) in [5, 5.41) is 9.61. The normalized spacial score (nSPS) is 16.7. The van der Waals surface area contributed by atoms with Gasteiger partial charge in [0.2, 0.25) is 17.6 Å². The van der Waals surface area contributed by atoms with Gasteiger partial charge in [-0.05, 0) is 12.1 Å². The molecule has 0 atom stereocenters. The largest absolute Gasteiger partial charge is 0.353 e. The van der Waals surface area contributed by atoms with Crippen LogP contribution in [0.1, 0.15) is 18.7 Å². The second-order valence-electron chi connectivity index (χ2n) is 7.84. The van der Waals surface area contributed by atoms with Gasteiger partial charge in [-0.25, -0.2) is 9.99 Å². The van der Waals surface area contributed by atoms with E-state index in [1.165, 1.54) is 5.01 Å². The van der Waals surface area contributed by atoms with Gasteiger partial charge >= 0.3 is 0 Å². The fourth-order valence-electron chi connectivity index (χ4n) is 3.88. The molecule has 5 rings (SSSR count). The number of hydrogen-bond acceptors (Lipinski definition) is 8. The fourth-order valence-corrected chi connectivity index (χ4v) is 3.88. The third-order valence-corrected chi connectivity index (χ3v) is 5.70. The van der Waals surface area contributed by atoms with Crippen LogP contribution in [0.3, 0.4) is 0 Å². The number of carbonyl (C=O) groups excluding carboxylic acids is 2. The van der Waals surface area contributed by atoms with E-state index in [0.717, 1.165) is 11.4 Å². The Hall–Kier alpha value is -4.08. The van der Waals surface area contributed by atoms with Crippen LogP contribution in [0.4, 0.5) is 5.82 Å². The summed E-state index contributed by atoms with van der Waals surface area (Å²) in [6.07, 6.45) is 2.39. The third-order valence-electron chi connectivity index (χ3n) is 5.70. The minimum atomic E-state index is -0.193. The van der Waals surface area contributed by atoms with Crippen LogP contribution in [0.5, 0.6) is 0 Å². The Morgan fingerprint density at radius 3 is 2.52 bits per heavy atom. The monoisotopic (exact) mass is 445 g/mol. The van der Waals surface area contributed by atoms with Gasteiger partial charge in [-0.2, -0.15) is 10.1 Å². The Bertz CT molecular complexity index is 1160. The lowest BCUT2D eigenvalue weighted by molar-refractivity contribution is -0.141. The highest BCUT2D eigenvalue weighted by molar-refractivity contribution is 6.01. The van der Waals surface area contributed by atoms with Crippen LogP contribution in [0, 0.1) is 0 Å². The summed E-state index contributed by atoms with van der Waals surface area (Å²) in [4.78, 5) is 38.0. The minimum absolute atomic E-state index is 0.106. The highest BCUT2D eigenvalue weighted by atomic mass is 16.5. The van der Waals surface area contributed by atoms with Crippen molar-refractivity contribution in [3.63, 3.8) is 0 Å². The summed E-state index contributed by atoms with van der Waals surface area (Å²) in [6, 6.07) is 15.3. The summed E-state index contributed by atoms with van der Waals surface area (Å²) in [6.45, 7) is 2.41. The predicted molar refractivity (Wildman–Crippen MR) is 120 cm³/mol. The number of anilines is 1. The van der Waals surface area contributed by atoms with E-state index < -0.39 is 0 Å². The first-order chi connectivity index (χ1) is 16.2. The lowest BCUT2D eigenvalue weighted by Crippen LogP contribution is -2.51. The van der Waals surface area contributed by atoms with Crippen LogP contribution in [0.25, 0.3) is 11.4 Å². The zero-order valence-corrected chi connectivity index (χ0v) is 18.0. The van der Waals surface area contributed by atoms with Gasteiger partial charge in [0.15, 0.2) is 0 Å². The van der Waals surface area contributed by atoms with Gasteiger partial charge in [0, 0.05) is 50.8 Å². The summed E-state index contributed by atoms with van der Waals surface area (Å²) < 4.78 is 5.38. The Balaban J connectivity index is 1.23. The summed E-state index contributed by atoms with van der Waals surface area (Å²) in [7, 11) is 0. The smallest absolute Gasteiger partial charge is 0.274 e. The van der Waals surface area contributed by atoms with E-state index in [0.29, 0.717) is 44.1 Å². The van der Waals surface area contributed by atoms with Gasteiger partial charge in [-0.3, -0.25) is 9.59 Å². The molecule has 0 bridgehead atoms. The lowest BCUT2D eigenvalue weighted by atomic mass is 10.1. The molecular formula is C23H23N7O3. The van der Waals surface area contributed by atoms with Crippen molar-refractivity contribution >= 4 is 23.3 Å². The van der Waals surface area contributed by atoms with Crippen molar-refractivity contribution in [3.8, 4) is 11.4 Å². The first-order valence-electron chi connectivity index (χ1n) is 10.9. The van der Waals surface area contributed by atoms with Gasteiger partial charge in [0.05, 0.1) is 0 Å². The van der Waals surface area contributed by atoms with Gasteiger partial charge < -0.3 is 14.3 Å². The molecular weight excluding hydrogens is 422 g/mol. The van der Waals surface area contributed by atoms with Crippen LogP contribution in [-0.2, 0) is 9.59 Å². The second kappa shape index (κ2) is 9.19. The predicted octanol–water partition coefficient (Wildman–Crippen LogP) is 1.81. The number of nitrogens with zero attached hydrogens (tertiary/aromatic N) is 7. The van der Waals surface area contributed by atoms with Crippen LogP contribution in [0.15, 0.2) is 64.4 Å². The molecule has 2 aromatic heterocycles. The molecule has 10 heteroatoms. The maximum Gasteiger partial charge on any atom is 0.274 e. The number of carbonyl (C=O) groups is 2. The van der Waals surface area contributed by atoms with Crippen molar-refractivity contribution < 1.29 is 14.1 Å². The Labute approximate surface area is 190 Å². The number of pyridine rings is 1. The maximum atomic E-state index is 12.9. The second-order valence-corrected chi connectivity index (χ2v) is 7.84. The molecule has 1 saturated heterocycles. The molecule has 168 valence electrons. The van der Waals surface area contributed by atoms with E-state index in [-0.39, 0.29) is 30.7 Å². The van der Waals surface area contributed by atoms with Crippen molar-refractivity contribution in [1.29, 1.82) is 0 Å². The van der Waals surface area contributed by atoms with E-state index in [1.54, 1.807) is 11.1 Å². The number of hydrogen-bond donors (Lipinski definition) is 0. The van der Waals surface area contributed by atoms with Crippen LogP contribution in [-0.4, -0.2) is 75.3 Å². The zero-order valence-electron chi connectivity index (χ0n) is 18.0. The maximum absolute atomic E-state index is 12.9. The van der Waals surface area contributed by atoms with Crippen molar-refractivity contribution in [2.24, 2.45) is 5.10 Å². The zero-order chi connectivity index (χ0) is 22.6. The number of amides is 2. The van der Waals surface area contributed by atoms with E-state index in [2.05, 4.69) is 25.1 Å². The molecule has 0 spiro atoms. The summed E-state index contributed by atoms with van der Waals surface area (Å²) in [5.41, 5.74) is 1.34. The molecule has 0 unspecified atom stereocenters. The number of hydrazone groups is 1. The lowest BCUT2D eigenvalue weighted by Gasteiger charge is -2.36. The minimum Gasteiger partial charge on any atom is -0.353 e. The first kappa shape index (κ1) is 20.8. The molecule has 0 saturated carbocycles. The van der Waals surface area contributed by atoms with E-state index in [1.807, 2.05) is 48.5 Å². The van der Waals surface area contributed by atoms with Crippen LogP contribution >= 0.6 is 0 Å². The molecule has 3 aromatic rings. The molecule has 2 amide bonds. The standard InChI is InChI=1S/C23H23N7O3/c31-20-10-9-18(23-25-22(27-33-23)17-6-2-1-3-7-17)26-30(20)16-21(32)29-14-12-28(13-15-29)19-8-4-5-11-24-19/h1-8,11H,9-10,12-16H2. The molecule has 2 aliphatic rings. The molecule has 0 radical (unpaired) electrons. The molecule has 2 aliphatic heterocycles. The first-order valence-corrected chi connectivity index (χ1v) is 10.9. The van der Waals surface area contributed by atoms with E-state index in [9.17, 15) is 9.59 Å². The highest BCUT2D eigenvalue weighted by Gasteiger charge is 2.29. The van der Waals surface area contributed by atoms with Gasteiger partial charge in [-0.15, -0.1) is 0 Å². The molecule has 1 aromatic carbocycles. The molecule has 4 heterocycles. The Morgan fingerprint density at radius 1 is 0.970 bits per heavy atom. The summed E-state index contributed by atoms with van der Waals surface area (Å²) in [5.74, 6) is 1.30. The number of rotatable bonds is 5. The van der Waals surface area contributed by atoms with Crippen molar-refractivity contribution in [3.05, 3.63) is 60.6 Å². The van der Waals surface area contributed by atoms with Crippen molar-refractivity contribution in [1.82, 2.24) is 25.0 Å². The number of piperazine rings is 1. The van der Waals surface area contributed by atoms with Gasteiger partial charge in [0.25, 0.3) is 5.89 Å². The molecule has 0 aliphatic carbocycles. The SMILES string of the molecule is O=C(CN1N=C(c2nc(-c3ccccc3)no2)CCC1=O)N1CCN(c2ccccn2)CC1. The summed E-state index contributed by atoms with van der Waals surface area (Å²) >= 11 is 0. The quantitative estimate of drug-likeness (QED) is 0.589. The Morgan fingerprint density at radius 2 is 1.76 bits per heavy atom. The van der Waals surface area contributed by atoms with E-state index in [4.69, 9.17) is 4.52 Å². The van der Waals surface area contributed by atoms with Gasteiger partial charge in [-0.1, -0.05) is 41.6 Å². The van der Waals surface area contributed by atoms with Crippen molar-refractivity contribution in [2.75, 3.05) is 37.6 Å². The topological polar surface area (TPSA) is 108 Å². The molecule has 0 N–H and O–H groups in total. The highest BCUT2D eigenvalue weighted by Crippen LogP contribution is 2.19. The number of benzene rings is 1. The number of aromatic nitrogens is 3. The molecule has 1 fully saturated rings. The average Bonchev–Trinajstić information content (AvgIpc) is 3.37. The van der Waals surface area contributed by atoms with E-state index >= 15 is 0 Å². The van der Waals surface area contributed by atoms with Crippen LogP contribution in [0.2, 0.25) is 0 Å². The average molecular weight is 445 g/mol. The third kappa shape index (κ3) is 4.59.